The first-order valence-corrected chi connectivity index (χ1v) is 7.47. The summed E-state index contributed by atoms with van der Waals surface area (Å²) in [5.74, 6) is -0.487. The summed E-state index contributed by atoms with van der Waals surface area (Å²) in [6.45, 7) is 5.36. The number of rotatable bonds is 2. The quantitative estimate of drug-likeness (QED) is 0.905. The zero-order valence-corrected chi connectivity index (χ0v) is 13.2. The highest BCUT2D eigenvalue weighted by Gasteiger charge is 2.27. The maximum absolute atomic E-state index is 11.5. The highest BCUT2D eigenvalue weighted by atomic mass is 16.5. The Labute approximate surface area is 134 Å². The van der Waals surface area contributed by atoms with Gasteiger partial charge in [0.05, 0.1) is 29.9 Å². The Morgan fingerprint density at radius 2 is 2.26 bits per heavy atom. The number of fused-ring (bicyclic) bond motifs is 1. The summed E-state index contributed by atoms with van der Waals surface area (Å²) < 4.78 is 5.41. The van der Waals surface area contributed by atoms with Crippen molar-refractivity contribution < 1.29 is 9.53 Å². The number of morpholine rings is 1. The van der Waals surface area contributed by atoms with Gasteiger partial charge in [-0.05, 0) is 25.5 Å². The average molecular weight is 310 g/mol. The molecule has 1 amide bonds. The third kappa shape index (κ3) is 2.71. The predicted molar refractivity (Wildman–Crippen MR) is 87.1 cm³/mol. The van der Waals surface area contributed by atoms with Gasteiger partial charge in [0.15, 0.2) is 6.10 Å². The summed E-state index contributed by atoms with van der Waals surface area (Å²) in [6.07, 6.45) is 0.929. The molecule has 0 radical (unpaired) electrons. The number of carbonyl (C=O) groups excluding carboxylic acids is 1. The van der Waals surface area contributed by atoms with Crippen molar-refractivity contribution >= 4 is 22.5 Å². The summed E-state index contributed by atoms with van der Waals surface area (Å²) in [4.78, 5) is 17.9. The van der Waals surface area contributed by atoms with Gasteiger partial charge >= 0.3 is 0 Å². The van der Waals surface area contributed by atoms with E-state index in [1.54, 1.807) is 6.20 Å². The number of amides is 1. The molecule has 6 nitrogen and oxygen atoms in total. The van der Waals surface area contributed by atoms with Gasteiger partial charge in [0.2, 0.25) is 5.91 Å². The number of pyridine rings is 1. The van der Waals surface area contributed by atoms with Crippen molar-refractivity contribution in [2.45, 2.75) is 20.0 Å². The molecule has 23 heavy (non-hydrogen) atoms. The number of primary amides is 1. The molecule has 0 spiro atoms. The Hall–Kier alpha value is -2.65. The second kappa shape index (κ2) is 5.86. The first kappa shape index (κ1) is 15.3. The summed E-state index contributed by atoms with van der Waals surface area (Å²) >= 11 is 0. The monoisotopic (exact) mass is 310 g/mol. The molecule has 1 atom stereocenters. The molecule has 1 aromatic carbocycles. The fraction of sp³-hybridized carbons (Fsp3) is 0.353. The van der Waals surface area contributed by atoms with E-state index in [0.717, 1.165) is 27.7 Å². The van der Waals surface area contributed by atoms with Crippen LogP contribution in [-0.2, 0) is 9.53 Å². The Bertz CT molecular complexity index is 825. The van der Waals surface area contributed by atoms with Gasteiger partial charge in [-0.25, -0.2) is 0 Å². The number of benzene rings is 1. The van der Waals surface area contributed by atoms with Crippen LogP contribution in [0.15, 0.2) is 18.3 Å². The highest BCUT2D eigenvalue weighted by Crippen LogP contribution is 2.32. The molecular formula is C17H18N4O2. The van der Waals surface area contributed by atoms with Crippen molar-refractivity contribution in [3.63, 3.8) is 0 Å². The van der Waals surface area contributed by atoms with Crippen molar-refractivity contribution in [1.82, 2.24) is 4.98 Å². The minimum Gasteiger partial charge on any atom is -0.367 e. The number of ether oxygens (including phenoxy) is 1. The van der Waals surface area contributed by atoms with Crippen LogP contribution in [0.5, 0.6) is 0 Å². The molecule has 0 aliphatic carbocycles. The zero-order chi connectivity index (χ0) is 16.6. The SMILES string of the molecule is Cc1cc(C)c2ncc(C#N)c(N3CCO[C@@H](C(N)=O)C3)c2c1. The topological polar surface area (TPSA) is 92.2 Å². The van der Waals surface area contributed by atoms with Crippen LogP contribution in [0, 0.1) is 25.2 Å². The average Bonchev–Trinajstić information content (AvgIpc) is 2.53. The minimum absolute atomic E-state index is 0.343. The molecule has 1 fully saturated rings. The smallest absolute Gasteiger partial charge is 0.248 e. The van der Waals surface area contributed by atoms with Crippen LogP contribution in [0.3, 0.4) is 0 Å². The molecule has 1 aliphatic heterocycles. The van der Waals surface area contributed by atoms with Crippen molar-refractivity contribution in [3.05, 3.63) is 35.0 Å². The Balaban J connectivity index is 2.18. The van der Waals surface area contributed by atoms with E-state index in [-0.39, 0.29) is 0 Å². The van der Waals surface area contributed by atoms with Crippen LogP contribution in [-0.4, -0.2) is 36.7 Å². The van der Waals surface area contributed by atoms with Gasteiger partial charge in [-0.15, -0.1) is 0 Å². The van der Waals surface area contributed by atoms with E-state index in [2.05, 4.69) is 17.1 Å². The molecular weight excluding hydrogens is 292 g/mol. The summed E-state index contributed by atoms with van der Waals surface area (Å²) in [6, 6.07) is 6.30. The lowest BCUT2D eigenvalue weighted by Gasteiger charge is -2.34. The van der Waals surface area contributed by atoms with Crippen molar-refractivity contribution in [3.8, 4) is 6.07 Å². The van der Waals surface area contributed by atoms with Crippen LogP contribution < -0.4 is 10.6 Å². The Kier molecular flexibility index (Phi) is 3.89. The minimum atomic E-state index is -0.663. The normalized spacial score (nSPS) is 18.0. The number of nitriles is 1. The van der Waals surface area contributed by atoms with Gasteiger partial charge in [-0.2, -0.15) is 5.26 Å². The molecule has 0 unspecified atom stereocenters. The highest BCUT2D eigenvalue weighted by molar-refractivity contribution is 5.97. The van der Waals surface area contributed by atoms with Gasteiger partial charge in [-0.1, -0.05) is 11.6 Å². The summed E-state index contributed by atoms with van der Waals surface area (Å²) in [5, 5.41) is 10.4. The number of hydrogen-bond donors (Lipinski definition) is 1. The molecule has 1 saturated heterocycles. The largest absolute Gasteiger partial charge is 0.367 e. The number of aromatic nitrogens is 1. The summed E-state index contributed by atoms with van der Waals surface area (Å²) in [7, 11) is 0. The predicted octanol–water partition coefficient (Wildman–Crippen LogP) is 1.41. The van der Waals surface area contributed by atoms with Gasteiger partial charge < -0.3 is 15.4 Å². The van der Waals surface area contributed by atoms with Crippen LogP contribution in [0.1, 0.15) is 16.7 Å². The lowest BCUT2D eigenvalue weighted by Crippen LogP contribution is -2.48. The van der Waals surface area contributed by atoms with Gasteiger partial charge in [-0.3, -0.25) is 9.78 Å². The molecule has 2 heterocycles. The second-order valence-corrected chi connectivity index (χ2v) is 5.82. The lowest BCUT2D eigenvalue weighted by atomic mass is 10.0. The molecule has 0 bridgehead atoms. The van der Waals surface area contributed by atoms with E-state index in [9.17, 15) is 10.1 Å². The Morgan fingerprint density at radius 1 is 1.48 bits per heavy atom. The van der Waals surface area contributed by atoms with Crippen LogP contribution >= 0.6 is 0 Å². The molecule has 118 valence electrons. The van der Waals surface area contributed by atoms with Gasteiger partial charge in [0, 0.05) is 18.1 Å². The van der Waals surface area contributed by atoms with E-state index in [1.165, 1.54) is 0 Å². The molecule has 3 rings (SSSR count). The molecule has 6 heteroatoms. The summed E-state index contributed by atoms with van der Waals surface area (Å²) in [5.41, 5.74) is 9.70. The third-order valence-corrected chi connectivity index (χ3v) is 4.10. The fourth-order valence-electron chi connectivity index (χ4n) is 3.09. The fourth-order valence-corrected chi connectivity index (χ4v) is 3.09. The van der Waals surface area contributed by atoms with Crippen LogP contribution in [0.2, 0.25) is 0 Å². The van der Waals surface area contributed by atoms with E-state index in [0.29, 0.717) is 25.3 Å². The first-order chi connectivity index (χ1) is 11.0. The maximum atomic E-state index is 11.5. The van der Waals surface area contributed by atoms with Crippen LogP contribution in [0.4, 0.5) is 5.69 Å². The molecule has 1 aliphatic rings. The number of aryl methyl sites for hydroxylation is 2. The van der Waals surface area contributed by atoms with E-state index >= 15 is 0 Å². The lowest BCUT2D eigenvalue weighted by molar-refractivity contribution is -0.130. The number of carbonyl (C=O) groups is 1. The number of nitrogens with two attached hydrogens (primary N) is 1. The Morgan fingerprint density at radius 3 is 2.96 bits per heavy atom. The van der Waals surface area contributed by atoms with Crippen molar-refractivity contribution in [2.75, 3.05) is 24.6 Å². The van der Waals surface area contributed by atoms with Gasteiger partial charge in [0.1, 0.15) is 6.07 Å². The number of anilines is 1. The third-order valence-electron chi connectivity index (χ3n) is 4.10. The number of nitrogens with zero attached hydrogens (tertiary/aromatic N) is 3. The first-order valence-electron chi connectivity index (χ1n) is 7.47. The van der Waals surface area contributed by atoms with Crippen LogP contribution in [0.25, 0.3) is 10.9 Å². The zero-order valence-electron chi connectivity index (χ0n) is 13.2. The maximum Gasteiger partial charge on any atom is 0.248 e. The van der Waals surface area contributed by atoms with Crippen molar-refractivity contribution in [2.24, 2.45) is 5.73 Å². The molecule has 2 aromatic rings. The van der Waals surface area contributed by atoms with Gasteiger partial charge in [0.25, 0.3) is 0 Å². The van der Waals surface area contributed by atoms with Crippen molar-refractivity contribution in [1.29, 1.82) is 5.26 Å². The molecule has 2 N–H and O–H groups in total. The van der Waals surface area contributed by atoms with E-state index < -0.39 is 12.0 Å². The molecule has 0 saturated carbocycles. The second-order valence-electron chi connectivity index (χ2n) is 5.82. The molecule has 1 aromatic heterocycles. The standard InChI is InChI=1S/C17H18N4O2/c1-10-5-11(2)15-13(6-10)16(12(7-18)8-20-15)21-3-4-23-14(9-21)17(19)22/h5-6,8,14H,3-4,9H2,1-2H3,(H2,19,22)/t14-/m1/s1. The number of hydrogen-bond acceptors (Lipinski definition) is 5. The van der Waals surface area contributed by atoms with E-state index in [1.807, 2.05) is 24.8 Å². The van der Waals surface area contributed by atoms with E-state index in [4.69, 9.17) is 10.5 Å².